The van der Waals surface area contributed by atoms with Crippen molar-refractivity contribution in [3.63, 3.8) is 0 Å². The largest absolute Gasteiger partial charge is 0.393 e. The maximum absolute atomic E-state index is 12.3. The van der Waals surface area contributed by atoms with E-state index in [-0.39, 0.29) is 5.91 Å². The maximum Gasteiger partial charge on any atom is 0.225 e. The second-order valence-electron chi connectivity index (χ2n) is 4.76. The molecule has 0 fully saturated rings. The zero-order chi connectivity index (χ0) is 15.5. The van der Waals surface area contributed by atoms with Crippen molar-refractivity contribution < 1.29 is 9.53 Å². The third-order valence-corrected chi connectivity index (χ3v) is 3.09. The van der Waals surface area contributed by atoms with Gasteiger partial charge in [0, 0.05) is 38.5 Å². The van der Waals surface area contributed by atoms with Crippen molar-refractivity contribution in [1.29, 1.82) is 0 Å². The molecule has 21 heavy (non-hydrogen) atoms. The molecule has 0 atom stereocenters. The Bertz CT molecular complexity index is 440. The molecule has 1 rings (SSSR count). The average molecular weight is 309 g/mol. The molecular formula is C15H23N3O2S. The molecule has 2 N–H and O–H groups in total. The first-order valence-corrected chi connectivity index (χ1v) is 7.57. The number of carbonyl (C=O) groups excluding carboxylic acids is 1. The van der Waals surface area contributed by atoms with Crippen LogP contribution in [0.1, 0.15) is 31.7 Å². The molecule has 0 radical (unpaired) electrons. The van der Waals surface area contributed by atoms with Crippen LogP contribution in [0.15, 0.2) is 24.5 Å². The van der Waals surface area contributed by atoms with Crippen LogP contribution < -0.4 is 5.73 Å². The molecule has 0 aliphatic rings. The number of rotatable bonds is 10. The second-order valence-corrected chi connectivity index (χ2v) is 5.28. The van der Waals surface area contributed by atoms with Crippen molar-refractivity contribution in [1.82, 2.24) is 9.88 Å². The minimum absolute atomic E-state index is 0.0474. The molecule has 6 heteroatoms. The van der Waals surface area contributed by atoms with Gasteiger partial charge in [-0.3, -0.25) is 9.78 Å². The van der Waals surface area contributed by atoms with Crippen molar-refractivity contribution in [3.8, 4) is 0 Å². The topological polar surface area (TPSA) is 68.5 Å². The third-order valence-electron chi connectivity index (χ3n) is 2.89. The molecule has 5 nitrogen and oxygen atoms in total. The summed E-state index contributed by atoms with van der Waals surface area (Å²) in [7, 11) is 0. The van der Waals surface area contributed by atoms with Gasteiger partial charge in [0.05, 0.1) is 18.0 Å². The fourth-order valence-electron chi connectivity index (χ4n) is 1.81. The minimum atomic E-state index is 0.0474. The highest BCUT2D eigenvalue weighted by molar-refractivity contribution is 7.80. The van der Waals surface area contributed by atoms with E-state index >= 15 is 0 Å². The van der Waals surface area contributed by atoms with E-state index in [0.717, 1.165) is 12.0 Å². The molecule has 1 aromatic rings. The summed E-state index contributed by atoms with van der Waals surface area (Å²) in [6.45, 7) is 4.21. The number of ether oxygens (including phenoxy) is 1. The second kappa shape index (κ2) is 10.2. The van der Waals surface area contributed by atoms with Crippen LogP contribution in [0, 0.1) is 0 Å². The van der Waals surface area contributed by atoms with Gasteiger partial charge >= 0.3 is 0 Å². The van der Waals surface area contributed by atoms with Crippen LogP contribution in [0.5, 0.6) is 0 Å². The maximum atomic E-state index is 12.3. The standard InChI is InChI=1S/C15H23N3O2S/c1-2-9-20-10-6-15(19)18(8-5-14(16)21)12-13-4-3-7-17-11-13/h3-4,7,11H,2,5-6,8-10,12H2,1H3,(H2,16,21). The van der Waals surface area contributed by atoms with Crippen LogP contribution in [0.4, 0.5) is 0 Å². The van der Waals surface area contributed by atoms with Gasteiger partial charge in [-0.15, -0.1) is 0 Å². The van der Waals surface area contributed by atoms with Gasteiger partial charge < -0.3 is 15.4 Å². The first-order chi connectivity index (χ1) is 10.1. The number of aromatic nitrogens is 1. The van der Waals surface area contributed by atoms with Crippen LogP contribution >= 0.6 is 12.2 Å². The number of nitrogens with two attached hydrogens (primary N) is 1. The van der Waals surface area contributed by atoms with Crippen LogP contribution in [-0.4, -0.2) is 40.5 Å². The monoisotopic (exact) mass is 309 g/mol. The molecule has 0 unspecified atom stereocenters. The van der Waals surface area contributed by atoms with Crippen molar-refractivity contribution in [3.05, 3.63) is 30.1 Å². The first kappa shape index (κ1) is 17.5. The number of nitrogens with zero attached hydrogens (tertiary/aromatic N) is 2. The molecule has 1 amide bonds. The highest BCUT2D eigenvalue weighted by atomic mass is 32.1. The van der Waals surface area contributed by atoms with Gasteiger partial charge in [-0.1, -0.05) is 25.2 Å². The number of thiocarbonyl (C=S) groups is 1. The summed E-state index contributed by atoms with van der Waals surface area (Å²) in [5.41, 5.74) is 6.52. The summed E-state index contributed by atoms with van der Waals surface area (Å²) in [6, 6.07) is 3.80. The molecule has 0 bridgehead atoms. The van der Waals surface area contributed by atoms with E-state index < -0.39 is 0 Å². The van der Waals surface area contributed by atoms with Crippen molar-refractivity contribution >= 4 is 23.1 Å². The molecule has 0 aliphatic heterocycles. The van der Waals surface area contributed by atoms with E-state index in [0.29, 0.717) is 44.1 Å². The average Bonchev–Trinajstić information content (AvgIpc) is 2.48. The molecule has 0 saturated carbocycles. The normalized spacial score (nSPS) is 10.3. The molecule has 0 saturated heterocycles. The van der Waals surface area contributed by atoms with Crippen LogP contribution in [-0.2, 0) is 16.1 Å². The van der Waals surface area contributed by atoms with Gasteiger partial charge in [0.1, 0.15) is 0 Å². The van der Waals surface area contributed by atoms with E-state index in [1.165, 1.54) is 0 Å². The number of amides is 1. The Balaban J connectivity index is 2.54. The van der Waals surface area contributed by atoms with Gasteiger partial charge in [-0.25, -0.2) is 0 Å². The van der Waals surface area contributed by atoms with E-state index in [4.69, 9.17) is 22.7 Å². The lowest BCUT2D eigenvalue weighted by atomic mass is 10.2. The fourth-order valence-corrected chi connectivity index (χ4v) is 1.90. The minimum Gasteiger partial charge on any atom is -0.393 e. The highest BCUT2D eigenvalue weighted by Gasteiger charge is 2.14. The van der Waals surface area contributed by atoms with Crippen molar-refractivity contribution in [2.75, 3.05) is 19.8 Å². The van der Waals surface area contributed by atoms with E-state index in [1.54, 1.807) is 17.3 Å². The van der Waals surface area contributed by atoms with Crippen LogP contribution in [0.2, 0.25) is 0 Å². The van der Waals surface area contributed by atoms with Gasteiger partial charge in [0.15, 0.2) is 0 Å². The Morgan fingerprint density at radius 1 is 1.43 bits per heavy atom. The quantitative estimate of drug-likeness (QED) is 0.528. The van der Waals surface area contributed by atoms with Gasteiger partial charge in [-0.2, -0.15) is 0 Å². The summed E-state index contributed by atoms with van der Waals surface area (Å²) in [4.78, 5) is 18.5. The summed E-state index contributed by atoms with van der Waals surface area (Å²) < 4.78 is 5.37. The van der Waals surface area contributed by atoms with E-state index in [1.807, 2.05) is 19.1 Å². The Labute approximate surface area is 131 Å². The summed E-state index contributed by atoms with van der Waals surface area (Å²) in [5.74, 6) is 0.0474. The van der Waals surface area contributed by atoms with Gasteiger partial charge in [-0.05, 0) is 18.1 Å². The van der Waals surface area contributed by atoms with Crippen molar-refractivity contribution in [2.24, 2.45) is 5.73 Å². The first-order valence-electron chi connectivity index (χ1n) is 7.16. The molecule has 1 heterocycles. The number of hydrogen-bond donors (Lipinski definition) is 1. The predicted molar refractivity (Wildman–Crippen MR) is 86.8 cm³/mol. The molecule has 1 aromatic heterocycles. The number of pyridine rings is 1. The molecule has 0 spiro atoms. The molecule has 0 aliphatic carbocycles. The SMILES string of the molecule is CCCOCCC(=O)N(CCC(N)=S)Cc1cccnc1. The Hall–Kier alpha value is -1.53. The van der Waals surface area contributed by atoms with Gasteiger partial charge in [0.2, 0.25) is 5.91 Å². The highest BCUT2D eigenvalue weighted by Crippen LogP contribution is 2.06. The number of hydrogen-bond acceptors (Lipinski definition) is 4. The molecule has 0 aromatic carbocycles. The Kier molecular flexibility index (Phi) is 8.54. The summed E-state index contributed by atoms with van der Waals surface area (Å²) >= 11 is 4.89. The third kappa shape index (κ3) is 7.72. The molecule has 116 valence electrons. The van der Waals surface area contributed by atoms with E-state index in [9.17, 15) is 4.79 Å². The molecular weight excluding hydrogens is 286 g/mol. The summed E-state index contributed by atoms with van der Waals surface area (Å²) in [6.07, 6.45) is 5.32. The lowest BCUT2D eigenvalue weighted by molar-refractivity contribution is -0.132. The van der Waals surface area contributed by atoms with Crippen LogP contribution in [0.3, 0.4) is 0 Å². The number of carbonyl (C=O) groups is 1. The summed E-state index contributed by atoms with van der Waals surface area (Å²) in [5, 5.41) is 0. The lowest BCUT2D eigenvalue weighted by Gasteiger charge is -2.22. The van der Waals surface area contributed by atoms with Crippen molar-refractivity contribution in [2.45, 2.75) is 32.7 Å². The Morgan fingerprint density at radius 3 is 2.86 bits per heavy atom. The zero-order valence-corrected chi connectivity index (χ0v) is 13.3. The van der Waals surface area contributed by atoms with Crippen LogP contribution in [0.25, 0.3) is 0 Å². The van der Waals surface area contributed by atoms with E-state index in [2.05, 4.69) is 4.98 Å². The fraction of sp³-hybridized carbons (Fsp3) is 0.533. The predicted octanol–water partition coefficient (Wildman–Crippen LogP) is 1.90. The lowest BCUT2D eigenvalue weighted by Crippen LogP contribution is -2.34. The van der Waals surface area contributed by atoms with Gasteiger partial charge in [0.25, 0.3) is 0 Å². The smallest absolute Gasteiger partial charge is 0.225 e. The Morgan fingerprint density at radius 2 is 2.24 bits per heavy atom. The zero-order valence-electron chi connectivity index (χ0n) is 12.5.